The number of nitrogens with zero attached hydrogens (tertiary/aromatic N) is 3. The van der Waals surface area contributed by atoms with Crippen LogP contribution in [0.2, 0.25) is 10.0 Å². The zero-order valence-electron chi connectivity index (χ0n) is 22.7. The van der Waals surface area contributed by atoms with Crippen molar-refractivity contribution in [3.05, 3.63) is 62.8 Å². The fourth-order valence-corrected chi connectivity index (χ4v) is 7.90. The number of fused-ring (bicyclic) bond motifs is 1. The Morgan fingerprint density at radius 2 is 1.95 bits per heavy atom. The molecule has 210 valence electrons. The lowest BCUT2D eigenvalue weighted by Gasteiger charge is -2.44. The van der Waals surface area contributed by atoms with Crippen molar-refractivity contribution in [2.45, 2.75) is 83.5 Å². The van der Waals surface area contributed by atoms with E-state index >= 15 is 0 Å². The summed E-state index contributed by atoms with van der Waals surface area (Å²) in [5.74, 6) is 0.452. The van der Waals surface area contributed by atoms with Crippen LogP contribution < -0.4 is 10.2 Å². The standard InChI is InChI=1S/C30H32Cl2N4O3S/c1-4-19-13-18(12-15(2)36(19)30-34-24-11-10-20(29(37)38)16(3)28(24)40-30)33-14-21-26(35-39-27(21)17-8-9-17)25-22(31)6-5-7-23(25)32/h5-7,10-11,15,17-19,33H,4,8-9,12-14H2,1-3H3,(H,37,38). The van der Waals surface area contributed by atoms with Gasteiger partial charge in [0.05, 0.1) is 25.8 Å². The number of carboxylic acids is 1. The molecule has 3 unspecified atom stereocenters. The van der Waals surface area contributed by atoms with Gasteiger partial charge in [0, 0.05) is 41.7 Å². The molecule has 1 saturated carbocycles. The van der Waals surface area contributed by atoms with E-state index in [1.807, 2.05) is 31.2 Å². The summed E-state index contributed by atoms with van der Waals surface area (Å²) in [6.45, 7) is 6.98. The maximum Gasteiger partial charge on any atom is 0.336 e. The number of aryl methyl sites for hydroxylation is 1. The zero-order chi connectivity index (χ0) is 28.1. The number of aromatic carboxylic acids is 1. The third kappa shape index (κ3) is 5.00. The number of hydrogen-bond acceptors (Lipinski definition) is 7. The minimum atomic E-state index is -0.904. The first kappa shape index (κ1) is 27.5. The maximum absolute atomic E-state index is 11.6. The lowest BCUT2D eigenvalue weighted by molar-refractivity contribution is 0.0696. The first-order valence-electron chi connectivity index (χ1n) is 13.8. The highest BCUT2D eigenvalue weighted by Crippen LogP contribution is 2.46. The molecule has 0 amide bonds. The largest absolute Gasteiger partial charge is 0.478 e. The molecule has 0 bridgehead atoms. The second kappa shape index (κ2) is 11.0. The molecule has 0 radical (unpaired) electrons. The number of carbonyl (C=O) groups is 1. The van der Waals surface area contributed by atoms with E-state index in [9.17, 15) is 9.90 Å². The number of halogens is 2. The van der Waals surface area contributed by atoms with Crippen LogP contribution in [0.25, 0.3) is 21.5 Å². The minimum absolute atomic E-state index is 0.263. The molecule has 3 atom stereocenters. The van der Waals surface area contributed by atoms with E-state index < -0.39 is 5.97 Å². The monoisotopic (exact) mass is 598 g/mol. The number of aromatic nitrogens is 2. The predicted molar refractivity (Wildman–Crippen MR) is 161 cm³/mol. The van der Waals surface area contributed by atoms with Crippen molar-refractivity contribution >= 4 is 55.9 Å². The van der Waals surface area contributed by atoms with Crippen LogP contribution in [0.15, 0.2) is 34.9 Å². The lowest BCUT2D eigenvalue weighted by Crippen LogP contribution is -2.53. The van der Waals surface area contributed by atoms with Crippen LogP contribution in [0, 0.1) is 6.92 Å². The minimum Gasteiger partial charge on any atom is -0.478 e. The van der Waals surface area contributed by atoms with Crippen molar-refractivity contribution in [3.63, 3.8) is 0 Å². The molecule has 40 heavy (non-hydrogen) atoms. The summed E-state index contributed by atoms with van der Waals surface area (Å²) < 4.78 is 6.81. The number of carboxylic acid groups (broad SMARTS) is 1. The van der Waals surface area contributed by atoms with Crippen LogP contribution in [0.4, 0.5) is 5.13 Å². The molecule has 7 nitrogen and oxygen atoms in total. The van der Waals surface area contributed by atoms with E-state index in [-0.39, 0.29) is 6.04 Å². The first-order chi connectivity index (χ1) is 19.3. The Bertz CT molecular complexity index is 1560. The average Bonchev–Trinajstić information content (AvgIpc) is 3.53. The highest BCUT2D eigenvalue weighted by molar-refractivity contribution is 7.22. The zero-order valence-corrected chi connectivity index (χ0v) is 25.0. The third-order valence-corrected chi connectivity index (χ3v) is 10.1. The Morgan fingerprint density at radius 3 is 2.62 bits per heavy atom. The highest BCUT2D eigenvalue weighted by Gasteiger charge is 2.36. The lowest BCUT2D eigenvalue weighted by atomic mass is 9.90. The average molecular weight is 600 g/mol. The summed E-state index contributed by atoms with van der Waals surface area (Å²) in [5, 5.41) is 19.9. The smallest absolute Gasteiger partial charge is 0.336 e. The second-order valence-electron chi connectivity index (χ2n) is 11.0. The van der Waals surface area contributed by atoms with Gasteiger partial charge in [-0.1, -0.05) is 52.7 Å². The molecule has 2 aromatic heterocycles. The Hall–Kier alpha value is -2.65. The van der Waals surface area contributed by atoms with Crippen molar-refractivity contribution in [1.82, 2.24) is 15.5 Å². The van der Waals surface area contributed by atoms with Crippen molar-refractivity contribution in [2.24, 2.45) is 0 Å². The van der Waals surface area contributed by atoms with E-state index in [4.69, 9.17) is 32.7 Å². The third-order valence-electron chi connectivity index (χ3n) is 8.30. The van der Waals surface area contributed by atoms with Crippen molar-refractivity contribution in [1.29, 1.82) is 0 Å². The number of anilines is 1. The molecule has 10 heteroatoms. The van der Waals surface area contributed by atoms with Crippen LogP contribution in [-0.4, -0.2) is 39.3 Å². The van der Waals surface area contributed by atoms with Crippen molar-refractivity contribution in [3.8, 4) is 11.3 Å². The Balaban J connectivity index is 1.23. The van der Waals surface area contributed by atoms with Crippen molar-refractivity contribution in [2.75, 3.05) is 4.90 Å². The molecule has 2 aliphatic rings. The normalized spacial score (nSPS) is 21.3. The van der Waals surface area contributed by atoms with Gasteiger partial charge >= 0.3 is 5.97 Å². The summed E-state index contributed by atoms with van der Waals surface area (Å²) in [6, 6.07) is 9.87. The molecule has 1 aliphatic heterocycles. The van der Waals surface area contributed by atoms with Crippen molar-refractivity contribution < 1.29 is 14.4 Å². The summed E-state index contributed by atoms with van der Waals surface area (Å²) in [7, 11) is 0. The molecule has 2 aromatic carbocycles. The molecular weight excluding hydrogens is 567 g/mol. The van der Waals surface area contributed by atoms with Gasteiger partial charge < -0.3 is 19.8 Å². The molecule has 2 fully saturated rings. The summed E-state index contributed by atoms with van der Waals surface area (Å²) in [4.78, 5) is 19.0. The van der Waals surface area contributed by atoms with Gasteiger partial charge in [-0.05, 0) is 75.8 Å². The predicted octanol–water partition coefficient (Wildman–Crippen LogP) is 8.07. The second-order valence-corrected chi connectivity index (χ2v) is 12.8. The summed E-state index contributed by atoms with van der Waals surface area (Å²) in [6.07, 6.45) is 5.14. The maximum atomic E-state index is 11.6. The topological polar surface area (TPSA) is 91.5 Å². The van der Waals surface area contributed by atoms with Gasteiger partial charge in [0.15, 0.2) is 5.13 Å². The molecule has 1 saturated heterocycles. The van der Waals surface area contributed by atoms with Crippen LogP contribution in [-0.2, 0) is 6.54 Å². The van der Waals surface area contributed by atoms with Gasteiger partial charge in [0.1, 0.15) is 11.5 Å². The van der Waals surface area contributed by atoms with Gasteiger partial charge in [0.2, 0.25) is 0 Å². The van der Waals surface area contributed by atoms with Crippen LogP contribution in [0.3, 0.4) is 0 Å². The van der Waals surface area contributed by atoms with E-state index in [0.717, 1.165) is 75.6 Å². The number of hydrogen-bond donors (Lipinski definition) is 2. The van der Waals surface area contributed by atoms with Crippen LogP contribution in [0.5, 0.6) is 0 Å². The Labute approximate surface area is 247 Å². The number of rotatable bonds is 8. The molecule has 4 aromatic rings. The Kier molecular flexibility index (Phi) is 7.55. The van der Waals surface area contributed by atoms with Gasteiger partial charge in [0.25, 0.3) is 0 Å². The van der Waals surface area contributed by atoms with E-state index in [2.05, 4.69) is 29.2 Å². The van der Waals surface area contributed by atoms with Gasteiger partial charge in [-0.15, -0.1) is 0 Å². The van der Waals surface area contributed by atoms with E-state index in [1.54, 1.807) is 17.4 Å². The summed E-state index contributed by atoms with van der Waals surface area (Å²) >= 11 is 14.7. The molecule has 1 aliphatic carbocycles. The van der Waals surface area contributed by atoms with Gasteiger partial charge in [-0.25, -0.2) is 9.78 Å². The first-order valence-corrected chi connectivity index (χ1v) is 15.4. The number of nitrogens with one attached hydrogen (secondary N) is 1. The molecule has 0 spiro atoms. The number of benzene rings is 2. The SMILES string of the molecule is CCC1CC(NCc2c(-c3c(Cl)cccc3Cl)noc2C2CC2)CC(C)N1c1nc2ccc(C(=O)O)c(C)c2s1. The number of thiazole rings is 1. The molecule has 2 N–H and O–H groups in total. The van der Waals surface area contributed by atoms with Crippen LogP contribution >= 0.6 is 34.5 Å². The summed E-state index contributed by atoms with van der Waals surface area (Å²) in [5.41, 5.74) is 4.48. The van der Waals surface area contributed by atoms with E-state index in [0.29, 0.717) is 40.2 Å². The number of piperidine rings is 1. The van der Waals surface area contributed by atoms with Gasteiger partial charge in [-0.2, -0.15) is 0 Å². The fraction of sp³-hybridized carbons (Fsp3) is 0.433. The van der Waals surface area contributed by atoms with Crippen LogP contribution in [0.1, 0.15) is 79.1 Å². The highest BCUT2D eigenvalue weighted by atomic mass is 35.5. The van der Waals surface area contributed by atoms with E-state index in [1.165, 1.54) is 0 Å². The van der Waals surface area contributed by atoms with Gasteiger partial charge in [-0.3, -0.25) is 0 Å². The fourth-order valence-electron chi connectivity index (χ4n) is 6.08. The quantitative estimate of drug-likeness (QED) is 0.212. The molecular formula is C30H32Cl2N4O3S. The Morgan fingerprint density at radius 1 is 1.20 bits per heavy atom. The molecule has 6 rings (SSSR count). The molecule has 3 heterocycles.